The molecule has 0 radical (unpaired) electrons. The van der Waals surface area contributed by atoms with Gasteiger partial charge in [-0.05, 0) is 0 Å². The molecule has 0 saturated heterocycles. The summed E-state index contributed by atoms with van der Waals surface area (Å²) in [5.41, 5.74) is 1.81. The summed E-state index contributed by atoms with van der Waals surface area (Å²) in [7, 11) is 0. The van der Waals surface area contributed by atoms with E-state index in [1.54, 1.807) is 0 Å². The summed E-state index contributed by atoms with van der Waals surface area (Å²) in [6.45, 7) is 7.99. The predicted molar refractivity (Wildman–Crippen MR) is 97.5 cm³/mol. The summed E-state index contributed by atoms with van der Waals surface area (Å²) in [5, 5.41) is 10.5. The number of aliphatic hydroxyl groups is 1. The van der Waals surface area contributed by atoms with E-state index in [1.807, 2.05) is 13.8 Å². The molecule has 2 rings (SSSR count). The van der Waals surface area contributed by atoms with Crippen molar-refractivity contribution in [2.75, 3.05) is 0 Å². The van der Waals surface area contributed by atoms with Crippen LogP contribution >= 0.6 is 0 Å². The Balaban J connectivity index is 2.17. The van der Waals surface area contributed by atoms with Crippen LogP contribution in [0.15, 0.2) is 58.0 Å². The second-order valence-electron chi connectivity index (χ2n) is 5.89. The van der Waals surface area contributed by atoms with Crippen LogP contribution in [-0.2, 0) is 0 Å². The van der Waals surface area contributed by atoms with Crippen LogP contribution in [0.2, 0.25) is 0 Å². The molecule has 0 amide bonds. The molecule has 1 nitrogen and oxygen atoms in total. The molecule has 116 valence electrons. The maximum absolute atomic E-state index is 10.5. The predicted octanol–water partition coefficient (Wildman–Crippen LogP) is 2.27. The van der Waals surface area contributed by atoms with Crippen molar-refractivity contribution in [3.63, 3.8) is 0 Å². The van der Waals surface area contributed by atoms with Crippen molar-refractivity contribution < 1.29 is 5.11 Å². The zero-order chi connectivity index (χ0) is 16.2. The average molecular weight is 424 g/mol. The fourth-order valence-electron chi connectivity index (χ4n) is 1.76. The Morgan fingerprint density at radius 1 is 0.864 bits per heavy atom. The third-order valence-corrected chi connectivity index (χ3v) is 8.64. The van der Waals surface area contributed by atoms with Gasteiger partial charge < -0.3 is 0 Å². The second kappa shape index (κ2) is 7.64. The SMILES string of the molecule is Cc1ccc([Se]/C=C(\[Se]c2ccc(C)cc2)C(C)(C)O)cc1. The van der Waals surface area contributed by atoms with Gasteiger partial charge in [0.1, 0.15) is 0 Å². The van der Waals surface area contributed by atoms with E-state index in [-0.39, 0.29) is 29.9 Å². The molecule has 0 spiro atoms. The van der Waals surface area contributed by atoms with E-state index in [0.29, 0.717) is 0 Å². The van der Waals surface area contributed by atoms with Crippen LogP contribution < -0.4 is 8.92 Å². The van der Waals surface area contributed by atoms with Gasteiger partial charge in [0.2, 0.25) is 0 Å². The van der Waals surface area contributed by atoms with Crippen molar-refractivity contribution in [1.29, 1.82) is 0 Å². The monoisotopic (exact) mass is 426 g/mol. The molecule has 2 aromatic carbocycles. The molecule has 0 aromatic heterocycles. The Hall–Kier alpha value is -0.821. The summed E-state index contributed by atoms with van der Waals surface area (Å²) in [6, 6.07) is 17.3. The number of benzene rings is 2. The molecule has 2 aromatic rings. The molecular weight excluding hydrogens is 402 g/mol. The summed E-state index contributed by atoms with van der Waals surface area (Å²) in [6.07, 6.45) is 0. The zero-order valence-electron chi connectivity index (χ0n) is 13.5. The van der Waals surface area contributed by atoms with E-state index >= 15 is 0 Å². The molecular formula is C19H22OSe2. The summed E-state index contributed by atoms with van der Waals surface area (Å²) < 4.78 is 3.81. The van der Waals surface area contributed by atoms with Gasteiger partial charge in [0.05, 0.1) is 0 Å². The van der Waals surface area contributed by atoms with E-state index in [2.05, 4.69) is 67.4 Å². The van der Waals surface area contributed by atoms with Crippen molar-refractivity contribution in [2.45, 2.75) is 33.3 Å². The van der Waals surface area contributed by atoms with Crippen LogP contribution in [0.25, 0.3) is 0 Å². The normalized spacial score (nSPS) is 12.5. The molecule has 0 bridgehead atoms. The van der Waals surface area contributed by atoms with Crippen LogP contribution in [0, 0.1) is 13.8 Å². The van der Waals surface area contributed by atoms with Gasteiger partial charge >= 0.3 is 146 Å². The van der Waals surface area contributed by atoms with E-state index < -0.39 is 5.60 Å². The molecule has 3 heteroatoms. The van der Waals surface area contributed by atoms with Crippen molar-refractivity contribution in [3.8, 4) is 0 Å². The molecule has 0 heterocycles. The van der Waals surface area contributed by atoms with Crippen molar-refractivity contribution in [2.24, 2.45) is 0 Å². The van der Waals surface area contributed by atoms with Crippen LogP contribution in [0.5, 0.6) is 0 Å². The van der Waals surface area contributed by atoms with Crippen molar-refractivity contribution in [1.82, 2.24) is 0 Å². The molecule has 22 heavy (non-hydrogen) atoms. The average Bonchev–Trinajstić information content (AvgIpc) is 2.46. The van der Waals surface area contributed by atoms with Crippen LogP contribution in [-0.4, -0.2) is 40.6 Å². The topological polar surface area (TPSA) is 20.2 Å². The first-order valence-electron chi connectivity index (χ1n) is 7.25. The quantitative estimate of drug-likeness (QED) is 0.731. The molecule has 0 aliphatic heterocycles. The van der Waals surface area contributed by atoms with Gasteiger partial charge in [-0.15, -0.1) is 0 Å². The molecule has 1 N–H and O–H groups in total. The Morgan fingerprint density at radius 3 is 1.77 bits per heavy atom. The Bertz CT molecular complexity index is 635. The van der Waals surface area contributed by atoms with Crippen LogP contribution in [0.3, 0.4) is 0 Å². The Kier molecular flexibility index (Phi) is 6.08. The molecule has 0 saturated carbocycles. The molecule has 0 aliphatic carbocycles. The van der Waals surface area contributed by atoms with Gasteiger partial charge in [-0.25, -0.2) is 0 Å². The minimum absolute atomic E-state index is 0.165. The fourth-order valence-corrected chi connectivity index (χ4v) is 6.27. The van der Waals surface area contributed by atoms with E-state index in [4.69, 9.17) is 0 Å². The Labute approximate surface area is 146 Å². The van der Waals surface area contributed by atoms with Gasteiger partial charge in [0, 0.05) is 0 Å². The molecule has 0 fully saturated rings. The molecule has 0 aliphatic rings. The van der Waals surface area contributed by atoms with E-state index in [0.717, 1.165) is 4.47 Å². The second-order valence-corrected chi connectivity index (χ2v) is 10.2. The zero-order valence-corrected chi connectivity index (χ0v) is 16.9. The minimum atomic E-state index is -0.753. The summed E-state index contributed by atoms with van der Waals surface area (Å²) in [4.78, 5) is 2.26. The van der Waals surface area contributed by atoms with Gasteiger partial charge in [-0.3, -0.25) is 0 Å². The summed E-state index contributed by atoms with van der Waals surface area (Å²) >= 11 is 0.424. The van der Waals surface area contributed by atoms with Gasteiger partial charge in [-0.2, -0.15) is 0 Å². The van der Waals surface area contributed by atoms with Crippen molar-refractivity contribution >= 4 is 38.8 Å². The first-order chi connectivity index (χ1) is 10.3. The maximum atomic E-state index is 10.5. The number of aryl methyl sites for hydroxylation is 2. The molecule has 0 unspecified atom stereocenters. The van der Waals surface area contributed by atoms with Crippen molar-refractivity contribution in [3.05, 3.63) is 69.1 Å². The first kappa shape index (κ1) is 17.5. The van der Waals surface area contributed by atoms with E-state index in [1.165, 1.54) is 20.1 Å². The van der Waals surface area contributed by atoms with Gasteiger partial charge in [-0.1, -0.05) is 0 Å². The third-order valence-electron chi connectivity index (χ3n) is 3.17. The number of hydrogen-bond donors (Lipinski definition) is 1. The fraction of sp³-hybridized carbons (Fsp3) is 0.263. The van der Waals surface area contributed by atoms with Gasteiger partial charge in [0.25, 0.3) is 0 Å². The first-order valence-corrected chi connectivity index (χ1v) is 10.8. The molecule has 0 atom stereocenters. The number of hydrogen-bond acceptors (Lipinski definition) is 1. The van der Waals surface area contributed by atoms with Crippen LogP contribution in [0.1, 0.15) is 25.0 Å². The number of rotatable bonds is 5. The van der Waals surface area contributed by atoms with E-state index in [9.17, 15) is 5.11 Å². The Morgan fingerprint density at radius 2 is 1.32 bits per heavy atom. The third kappa shape index (κ3) is 5.43. The van der Waals surface area contributed by atoms with Crippen LogP contribution in [0.4, 0.5) is 0 Å². The summed E-state index contributed by atoms with van der Waals surface area (Å²) in [5.74, 6) is 0. The van der Waals surface area contributed by atoms with Gasteiger partial charge in [0.15, 0.2) is 0 Å². The standard InChI is InChI=1S/C19H22OSe2/c1-14-5-9-16(10-6-14)21-13-18(19(3,4)20)22-17-11-7-15(2)8-12-17/h5-13,20H,1-4H3/b18-13-.